The molecule has 3 rings (SSSR count). The lowest BCUT2D eigenvalue weighted by atomic mass is 10.0. The van der Waals surface area contributed by atoms with Gasteiger partial charge in [-0.25, -0.2) is 0 Å². The van der Waals surface area contributed by atoms with Crippen LogP contribution in [-0.4, -0.2) is 56.7 Å². The zero-order valence-corrected chi connectivity index (χ0v) is 19.3. The van der Waals surface area contributed by atoms with Crippen molar-refractivity contribution in [3.63, 3.8) is 0 Å². The van der Waals surface area contributed by atoms with E-state index in [2.05, 4.69) is 5.32 Å². The van der Waals surface area contributed by atoms with E-state index in [0.717, 1.165) is 35.3 Å². The standard InChI is InChI=1S/C25H32N2O5/c1-17-5-7-21(18(2)13-17)32-16-25(29)27-11-9-20(10-12-27)26-24(28)15-19-6-8-22(30-3)23(14-19)31-4/h5-8,13-14,20H,9-12,15-16H2,1-4H3,(H,26,28). The number of ether oxygens (including phenoxy) is 3. The summed E-state index contributed by atoms with van der Waals surface area (Å²) >= 11 is 0. The Morgan fingerprint density at radius 2 is 1.66 bits per heavy atom. The van der Waals surface area contributed by atoms with Crippen molar-refractivity contribution in [1.29, 1.82) is 0 Å². The maximum absolute atomic E-state index is 12.5. The third-order valence-corrected chi connectivity index (χ3v) is 5.71. The van der Waals surface area contributed by atoms with Crippen LogP contribution in [0.5, 0.6) is 17.2 Å². The van der Waals surface area contributed by atoms with E-state index in [0.29, 0.717) is 24.6 Å². The van der Waals surface area contributed by atoms with Crippen molar-refractivity contribution in [1.82, 2.24) is 10.2 Å². The van der Waals surface area contributed by atoms with Crippen molar-refractivity contribution < 1.29 is 23.8 Å². The average Bonchev–Trinajstić information content (AvgIpc) is 2.78. The number of aryl methyl sites for hydroxylation is 2. The van der Waals surface area contributed by atoms with Gasteiger partial charge in [0.05, 0.1) is 20.6 Å². The molecular formula is C25H32N2O5. The molecule has 7 nitrogen and oxygen atoms in total. The lowest BCUT2D eigenvalue weighted by Gasteiger charge is -2.32. The zero-order chi connectivity index (χ0) is 23.1. The molecule has 2 amide bonds. The highest BCUT2D eigenvalue weighted by Crippen LogP contribution is 2.27. The molecule has 1 aliphatic rings. The molecule has 0 aromatic heterocycles. The summed E-state index contributed by atoms with van der Waals surface area (Å²) in [6, 6.07) is 11.4. The van der Waals surface area contributed by atoms with Gasteiger partial charge in [0.1, 0.15) is 5.75 Å². The number of nitrogens with zero attached hydrogens (tertiary/aromatic N) is 1. The Morgan fingerprint density at radius 3 is 2.31 bits per heavy atom. The van der Waals surface area contributed by atoms with Crippen LogP contribution in [0, 0.1) is 13.8 Å². The highest BCUT2D eigenvalue weighted by atomic mass is 16.5. The van der Waals surface area contributed by atoms with Crippen molar-refractivity contribution in [2.45, 2.75) is 39.2 Å². The first-order valence-electron chi connectivity index (χ1n) is 10.9. The van der Waals surface area contributed by atoms with E-state index in [-0.39, 0.29) is 30.9 Å². The Kier molecular flexibility index (Phi) is 7.98. The number of nitrogens with one attached hydrogen (secondary N) is 1. The number of benzene rings is 2. The molecule has 32 heavy (non-hydrogen) atoms. The van der Waals surface area contributed by atoms with Crippen molar-refractivity contribution >= 4 is 11.8 Å². The molecule has 2 aromatic carbocycles. The van der Waals surface area contributed by atoms with Crippen LogP contribution in [0.3, 0.4) is 0 Å². The molecule has 0 aliphatic carbocycles. The van der Waals surface area contributed by atoms with Crippen molar-refractivity contribution in [3.05, 3.63) is 53.1 Å². The van der Waals surface area contributed by atoms with Crippen molar-refractivity contribution in [2.24, 2.45) is 0 Å². The predicted octanol–water partition coefficient (Wildman–Crippen LogP) is 3.05. The highest BCUT2D eigenvalue weighted by Gasteiger charge is 2.24. The minimum atomic E-state index is -0.0415. The number of piperidine rings is 1. The summed E-state index contributed by atoms with van der Waals surface area (Å²) in [5, 5.41) is 3.08. The molecule has 0 spiro atoms. The van der Waals surface area contributed by atoms with E-state index in [4.69, 9.17) is 14.2 Å². The molecule has 1 saturated heterocycles. The van der Waals surface area contributed by atoms with Gasteiger partial charge in [-0.2, -0.15) is 0 Å². The second-order valence-electron chi connectivity index (χ2n) is 8.15. The second kappa shape index (κ2) is 10.9. The van der Waals surface area contributed by atoms with Crippen LogP contribution < -0.4 is 19.5 Å². The number of hydrogen-bond acceptors (Lipinski definition) is 5. The number of hydrogen-bond donors (Lipinski definition) is 1. The summed E-state index contributed by atoms with van der Waals surface area (Å²) in [7, 11) is 3.15. The Labute approximate surface area is 189 Å². The SMILES string of the molecule is COc1ccc(CC(=O)NC2CCN(C(=O)COc3ccc(C)cc3C)CC2)cc1OC. The summed E-state index contributed by atoms with van der Waals surface area (Å²) in [4.78, 5) is 26.8. The van der Waals surface area contributed by atoms with Gasteiger partial charge in [-0.3, -0.25) is 9.59 Å². The van der Waals surface area contributed by atoms with Gasteiger partial charge in [0, 0.05) is 19.1 Å². The smallest absolute Gasteiger partial charge is 0.260 e. The van der Waals surface area contributed by atoms with Crippen LogP contribution in [0.4, 0.5) is 0 Å². The van der Waals surface area contributed by atoms with Gasteiger partial charge < -0.3 is 24.4 Å². The fourth-order valence-corrected chi connectivity index (χ4v) is 3.92. The van der Waals surface area contributed by atoms with Crippen LogP contribution >= 0.6 is 0 Å². The van der Waals surface area contributed by atoms with Gasteiger partial charge in [-0.15, -0.1) is 0 Å². The molecule has 0 atom stereocenters. The van der Waals surface area contributed by atoms with Crippen LogP contribution in [0.1, 0.15) is 29.5 Å². The van der Waals surface area contributed by atoms with Crippen LogP contribution in [0.15, 0.2) is 36.4 Å². The van der Waals surface area contributed by atoms with E-state index in [1.54, 1.807) is 25.2 Å². The summed E-state index contributed by atoms with van der Waals surface area (Å²) in [5.41, 5.74) is 3.04. The van der Waals surface area contributed by atoms with E-state index in [1.165, 1.54) is 0 Å². The number of likely N-dealkylation sites (tertiary alicyclic amines) is 1. The van der Waals surface area contributed by atoms with Crippen molar-refractivity contribution in [3.8, 4) is 17.2 Å². The fraction of sp³-hybridized carbons (Fsp3) is 0.440. The summed E-state index contributed by atoms with van der Waals surface area (Å²) in [6.45, 7) is 5.24. The van der Waals surface area contributed by atoms with E-state index >= 15 is 0 Å². The third-order valence-electron chi connectivity index (χ3n) is 5.71. The fourth-order valence-electron chi connectivity index (χ4n) is 3.92. The van der Waals surface area contributed by atoms with E-state index < -0.39 is 0 Å². The number of amides is 2. The predicted molar refractivity (Wildman–Crippen MR) is 122 cm³/mol. The zero-order valence-electron chi connectivity index (χ0n) is 19.3. The first kappa shape index (κ1) is 23.4. The molecular weight excluding hydrogens is 408 g/mol. The first-order chi connectivity index (χ1) is 15.4. The van der Waals surface area contributed by atoms with Crippen LogP contribution in [-0.2, 0) is 16.0 Å². The lowest BCUT2D eigenvalue weighted by Crippen LogP contribution is -2.48. The largest absolute Gasteiger partial charge is 0.493 e. The summed E-state index contributed by atoms with van der Waals surface area (Å²) < 4.78 is 16.3. The summed E-state index contributed by atoms with van der Waals surface area (Å²) in [5.74, 6) is 1.91. The van der Waals surface area contributed by atoms with E-state index in [1.807, 2.05) is 44.2 Å². The minimum Gasteiger partial charge on any atom is -0.493 e. The maximum Gasteiger partial charge on any atom is 0.260 e. The van der Waals surface area contributed by atoms with Gasteiger partial charge in [-0.1, -0.05) is 23.8 Å². The number of rotatable bonds is 8. The quantitative estimate of drug-likeness (QED) is 0.683. The molecule has 1 heterocycles. The third kappa shape index (κ3) is 6.15. The molecule has 1 fully saturated rings. The first-order valence-corrected chi connectivity index (χ1v) is 10.9. The monoisotopic (exact) mass is 440 g/mol. The molecule has 0 bridgehead atoms. The molecule has 1 N–H and O–H groups in total. The summed E-state index contributed by atoms with van der Waals surface area (Å²) in [6.07, 6.45) is 1.73. The van der Waals surface area contributed by atoms with Gasteiger partial charge in [-0.05, 0) is 56.0 Å². The lowest BCUT2D eigenvalue weighted by molar-refractivity contribution is -0.134. The van der Waals surface area contributed by atoms with Crippen LogP contribution in [0.25, 0.3) is 0 Å². The Bertz CT molecular complexity index is 951. The molecule has 1 aliphatic heterocycles. The number of carbonyl (C=O) groups is 2. The average molecular weight is 441 g/mol. The molecule has 0 saturated carbocycles. The topological polar surface area (TPSA) is 77.1 Å². The van der Waals surface area contributed by atoms with Gasteiger partial charge in [0.15, 0.2) is 18.1 Å². The molecule has 0 radical (unpaired) electrons. The molecule has 7 heteroatoms. The molecule has 2 aromatic rings. The number of methoxy groups -OCH3 is 2. The molecule has 0 unspecified atom stereocenters. The molecule has 172 valence electrons. The normalized spacial score (nSPS) is 14.1. The van der Waals surface area contributed by atoms with Gasteiger partial charge >= 0.3 is 0 Å². The van der Waals surface area contributed by atoms with Crippen molar-refractivity contribution in [2.75, 3.05) is 33.9 Å². The van der Waals surface area contributed by atoms with Gasteiger partial charge in [0.2, 0.25) is 5.91 Å². The number of carbonyl (C=O) groups excluding carboxylic acids is 2. The Hall–Kier alpha value is -3.22. The Morgan fingerprint density at radius 1 is 0.969 bits per heavy atom. The van der Waals surface area contributed by atoms with Crippen LogP contribution in [0.2, 0.25) is 0 Å². The highest BCUT2D eigenvalue weighted by molar-refractivity contribution is 5.79. The Balaban J connectivity index is 1.43. The minimum absolute atomic E-state index is 0.0277. The second-order valence-corrected chi connectivity index (χ2v) is 8.15. The maximum atomic E-state index is 12.5. The van der Waals surface area contributed by atoms with E-state index in [9.17, 15) is 9.59 Å². The van der Waals surface area contributed by atoms with Gasteiger partial charge in [0.25, 0.3) is 5.91 Å².